The van der Waals surface area contributed by atoms with E-state index in [0.717, 1.165) is 34.1 Å². The van der Waals surface area contributed by atoms with Gasteiger partial charge in [0.15, 0.2) is 0 Å². The molecule has 3 nitrogen and oxygen atoms in total. The van der Waals surface area contributed by atoms with Gasteiger partial charge in [0, 0.05) is 16.6 Å². The smallest absolute Gasteiger partial charge is 0.224 e. The lowest BCUT2D eigenvalue weighted by Gasteiger charge is -2.20. The van der Waals surface area contributed by atoms with Crippen molar-refractivity contribution in [2.24, 2.45) is 17.6 Å². The van der Waals surface area contributed by atoms with Gasteiger partial charge >= 0.3 is 0 Å². The fourth-order valence-corrected chi connectivity index (χ4v) is 3.34. The summed E-state index contributed by atoms with van der Waals surface area (Å²) in [6, 6.07) is 4.04. The molecule has 0 saturated heterocycles. The third-order valence-electron chi connectivity index (χ3n) is 3.98. The van der Waals surface area contributed by atoms with Gasteiger partial charge in [-0.3, -0.25) is 4.79 Å². The fraction of sp³-hybridized carbons (Fsp3) is 0.588. The molecule has 0 spiro atoms. The van der Waals surface area contributed by atoms with Crippen molar-refractivity contribution >= 4 is 27.5 Å². The molecule has 4 heteroatoms. The Morgan fingerprint density at radius 1 is 1.24 bits per heavy atom. The quantitative estimate of drug-likeness (QED) is 0.761. The zero-order chi connectivity index (χ0) is 16.0. The second-order valence-electron chi connectivity index (χ2n) is 6.08. The summed E-state index contributed by atoms with van der Waals surface area (Å²) in [5, 5.41) is 3.05. The van der Waals surface area contributed by atoms with E-state index in [1.54, 1.807) is 0 Å². The van der Waals surface area contributed by atoms with E-state index >= 15 is 0 Å². The van der Waals surface area contributed by atoms with E-state index in [2.05, 4.69) is 35.1 Å². The summed E-state index contributed by atoms with van der Waals surface area (Å²) < 4.78 is 1.04. The van der Waals surface area contributed by atoms with Crippen molar-refractivity contribution in [3.8, 4) is 0 Å². The maximum atomic E-state index is 12.2. The number of benzene rings is 1. The lowest BCUT2D eigenvalue weighted by Crippen LogP contribution is -2.19. The zero-order valence-electron chi connectivity index (χ0n) is 13.5. The van der Waals surface area contributed by atoms with Crippen LogP contribution in [0.1, 0.15) is 44.2 Å². The average molecular weight is 355 g/mol. The number of anilines is 1. The highest BCUT2D eigenvalue weighted by atomic mass is 79.9. The summed E-state index contributed by atoms with van der Waals surface area (Å²) in [6.45, 7) is 9.11. The molecule has 0 fully saturated rings. The van der Waals surface area contributed by atoms with Crippen LogP contribution in [-0.2, 0) is 4.79 Å². The van der Waals surface area contributed by atoms with Crippen molar-refractivity contribution in [3.05, 3.63) is 27.7 Å². The fourth-order valence-electron chi connectivity index (χ4n) is 2.65. The molecule has 0 heterocycles. The lowest BCUT2D eigenvalue weighted by molar-refractivity contribution is -0.116. The number of amides is 1. The predicted molar refractivity (Wildman–Crippen MR) is 93.5 cm³/mol. The summed E-state index contributed by atoms with van der Waals surface area (Å²) in [6.07, 6.45) is 2.44. The van der Waals surface area contributed by atoms with E-state index in [1.807, 2.05) is 26.0 Å². The third-order valence-corrected chi connectivity index (χ3v) is 4.44. The molecule has 0 aliphatic rings. The Balaban J connectivity index is 2.62. The molecular weight excluding hydrogens is 328 g/mol. The average Bonchev–Trinajstić information content (AvgIpc) is 2.38. The van der Waals surface area contributed by atoms with Gasteiger partial charge in [-0.15, -0.1) is 0 Å². The molecule has 1 atom stereocenters. The van der Waals surface area contributed by atoms with Crippen LogP contribution in [0.25, 0.3) is 0 Å². The lowest BCUT2D eigenvalue weighted by atomic mass is 9.88. The molecule has 1 rings (SSSR count). The van der Waals surface area contributed by atoms with Crippen LogP contribution in [-0.4, -0.2) is 12.5 Å². The second-order valence-corrected chi connectivity index (χ2v) is 7.00. The summed E-state index contributed by atoms with van der Waals surface area (Å²) in [4.78, 5) is 12.2. The van der Waals surface area contributed by atoms with Gasteiger partial charge in [0.2, 0.25) is 5.91 Å². The molecule has 0 aromatic heterocycles. The van der Waals surface area contributed by atoms with E-state index < -0.39 is 0 Å². The molecule has 0 radical (unpaired) electrons. The minimum atomic E-state index is 0.0891. The number of carbonyl (C=O) groups excluding carboxylic acids is 1. The van der Waals surface area contributed by atoms with Crippen LogP contribution in [0.2, 0.25) is 0 Å². The maximum Gasteiger partial charge on any atom is 0.224 e. The van der Waals surface area contributed by atoms with Gasteiger partial charge in [-0.05, 0) is 68.3 Å². The van der Waals surface area contributed by atoms with Crippen LogP contribution in [0.5, 0.6) is 0 Å². The van der Waals surface area contributed by atoms with Gasteiger partial charge in [-0.25, -0.2) is 0 Å². The van der Waals surface area contributed by atoms with Gasteiger partial charge in [-0.2, -0.15) is 0 Å². The van der Waals surface area contributed by atoms with Crippen LogP contribution >= 0.6 is 15.9 Å². The summed E-state index contributed by atoms with van der Waals surface area (Å²) in [5.74, 6) is 1.18. The van der Waals surface area contributed by atoms with Crippen LogP contribution in [0, 0.1) is 25.7 Å². The number of carbonyl (C=O) groups is 1. The Bertz CT molecular complexity index is 463. The van der Waals surface area contributed by atoms with Crippen molar-refractivity contribution in [1.82, 2.24) is 0 Å². The molecule has 118 valence electrons. The molecule has 0 aliphatic carbocycles. The molecule has 0 saturated carbocycles. The maximum absolute atomic E-state index is 12.2. The first-order valence-corrected chi connectivity index (χ1v) is 8.41. The summed E-state index contributed by atoms with van der Waals surface area (Å²) >= 11 is 3.47. The number of nitrogens with one attached hydrogen (secondary N) is 1. The normalized spacial score (nSPS) is 12.5. The first kappa shape index (κ1) is 18.2. The van der Waals surface area contributed by atoms with Crippen LogP contribution in [0.4, 0.5) is 5.69 Å². The third kappa shape index (κ3) is 5.79. The molecule has 0 aliphatic heterocycles. The Kier molecular flexibility index (Phi) is 7.40. The Morgan fingerprint density at radius 2 is 1.81 bits per heavy atom. The molecule has 1 aromatic rings. The van der Waals surface area contributed by atoms with E-state index in [-0.39, 0.29) is 5.91 Å². The minimum absolute atomic E-state index is 0.0891. The molecule has 1 unspecified atom stereocenters. The number of aryl methyl sites for hydroxylation is 2. The highest BCUT2D eigenvalue weighted by Crippen LogP contribution is 2.26. The van der Waals surface area contributed by atoms with Crippen molar-refractivity contribution in [2.75, 3.05) is 11.9 Å². The molecule has 21 heavy (non-hydrogen) atoms. The van der Waals surface area contributed by atoms with E-state index in [4.69, 9.17) is 5.73 Å². The largest absolute Gasteiger partial charge is 0.330 e. The monoisotopic (exact) mass is 354 g/mol. The molecular formula is C17H27BrN2O. The summed E-state index contributed by atoms with van der Waals surface area (Å²) in [5.41, 5.74) is 8.74. The van der Waals surface area contributed by atoms with Crippen molar-refractivity contribution in [3.63, 3.8) is 0 Å². The SMILES string of the molecule is Cc1cc(Br)cc(C)c1NC(=O)CCC(CCN)C(C)C. The first-order chi connectivity index (χ1) is 9.85. The van der Waals surface area contributed by atoms with Gasteiger partial charge in [0.05, 0.1) is 0 Å². The van der Waals surface area contributed by atoms with E-state index in [1.165, 1.54) is 0 Å². The topological polar surface area (TPSA) is 55.1 Å². The zero-order valence-corrected chi connectivity index (χ0v) is 15.1. The Labute approximate surface area is 136 Å². The van der Waals surface area contributed by atoms with Crippen LogP contribution in [0.15, 0.2) is 16.6 Å². The summed E-state index contributed by atoms with van der Waals surface area (Å²) in [7, 11) is 0. The van der Waals surface area contributed by atoms with Crippen molar-refractivity contribution in [1.29, 1.82) is 0 Å². The standard InChI is InChI=1S/C17H27BrN2O/c1-11(2)14(7-8-19)5-6-16(21)20-17-12(3)9-15(18)10-13(17)4/h9-11,14H,5-8,19H2,1-4H3,(H,20,21). The van der Waals surface area contributed by atoms with Gasteiger partial charge in [-0.1, -0.05) is 29.8 Å². The number of hydrogen-bond donors (Lipinski definition) is 2. The van der Waals surface area contributed by atoms with Crippen LogP contribution in [0.3, 0.4) is 0 Å². The van der Waals surface area contributed by atoms with Gasteiger partial charge < -0.3 is 11.1 Å². The van der Waals surface area contributed by atoms with Crippen molar-refractivity contribution in [2.45, 2.75) is 47.0 Å². The van der Waals surface area contributed by atoms with Gasteiger partial charge in [0.25, 0.3) is 0 Å². The predicted octanol–water partition coefficient (Wildman–Crippen LogP) is 4.41. The van der Waals surface area contributed by atoms with E-state index in [9.17, 15) is 4.79 Å². The Morgan fingerprint density at radius 3 is 2.29 bits per heavy atom. The molecule has 0 bridgehead atoms. The number of rotatable bonds is 7. The molecule has 3 N–H and O–H groups in total. The first-order valence-electron chi connectivity index (χ1n) is 7.61. The number of hydrogen-bond acceptors (Lipinski definition) is 2. The van der Waals surface area contributed by atoms with Crippen LogP contribution < -0.4 is 11.1 Å². The van der Waals surface area contributed by atoms with Gasteiger partial charge in [0.1, 0.15) is 0 Å². The molecule has 1 amide bonds. The highest BCUT2D eigenvalue weighted by Gasteiger charge is 2.15. The number of nitrogens with two attached hydrogens (primary N) is 1. The second kappa shape index (κ2) is 8.54. The number of halogens is 1. The molecule has 1 aromatic carbocycles. The van der Waals surface area contributed by atoms with E-state index in [0.29, 0.717) is 24.8 Å². The Hall–Kier alpha value is -0.870. The van der Waals surface area contributed by atoms with Crippen molar-refractivity contribution < 1.29 is 4.79 Å². The highest BCUT2D eigenvalue weighted by molar-refractivity contribution is 9.10. The minimum Gasteiger partial charge on any atom is -0.330 e.